The smallest absolute Gasteiger partial charge is 0.414 e. The summed E-state index contributed by atoms with van der Waals surface area (Å²) in [7, 11) is 0. The number of nitrogens with zero attached hydrogens (tertiary/aromatic N) is 3. The second kappa shape index (κ2) is 10.3. The third-order valence-corrected chi connectivity index (χ3v) is 6.22. The number of nitrogens with two attached hydrogens (primary N) is 1. The van der Waals surface area contributed by atoms with Crippen LogP contribution in [0.2, 0.25) is 0 Å². The highest BCUT2D eigenvalue weighted by Gasteiger charge is 2.32. The number of halogens is 2. The number of carbonyl (C=O) groups is 3. The Bertz CT molecular complexity index is 1140. The summed E-state index contributed by atoms with van der Waals surface area (Å²) < 4.78 is 35.1. The minimum Gasteiger partial charge on any atom is -0.444 e. The Kier molecular flexibility index (Phi) is 7.15. The number of rotatable bonds is 7. The largest absolute Gasteiger partial charge is 0.444 e. The Morgan fingerprint density at radius 3 is 2.43 bits per heavy atom. The van der Waals surface area contributed by atoms with Crippen LogP contribution in [-0.2, 0) is 14.3 Å². The number of amides is 3. The zero-order valence-electron chi connectivity index (χ0n) is 19.0. The van der Waals surface area contributed by atoms with Crippen molar-refractivity contribution < 1.29 is 33.0 Å². The van der Waals surface area contributed by atoms with Gasteiger partial charge in [0.1, 0.15) is 24.3 Å². The molecule has 0 aromatic heterocycles. The van der Waals surface area contributed by atoms with Gasteiger partial charge in [-0.25, -0.2) is 13.6 Å². The van der Waals surface area contributed by atoms with Crippen molar-refractivity contribution in [3.63, 3.8) is 0 Å². The maximum atomic E-state index is 15.0. The van der Waals surface area contributed by atoms with E-state index in [1.165, 1.54) is 28.0 Å². The monoisotopic (exact) mass is 488 g/mol. The van der Waals surface area contributed by atoms with E-state index in [1.807, 2.05) is 0 Å². The topological polar surface area (TPSA) is 116 Å². The number of piperazine rings is 1. The quantitative estimate of drug-likeness (QED) is 0.615. The lowest BCUT2D eigenvalue weighted by molar-refractivity contribution is -0.134. The molecule has 4 rings (SSSR count). The van der Waals surface area contributed by atoms with Gasteiger partial charge in [-0.3, -0.25) is 14.5 Å². The maximum Gasteiger partial charge on any atom is 0.414 e. The van der Waals surface area contributed by atoms with Crippen molar-refractivity contribution in [3.05, 3.63) is 48.0 Å². The van der Waals surface area contributed by atoms with E-state index in [1.54, 1.807) is 23.1 Å². The second-order valence-corrected chi connectivity index (χ2v) is 8.48. The summed E-state index contributed by atoms with van der Waals surface area (Å²) in [5.41, 5.74) is 6.30. The molecule has 11 heteroatoms. The van der Waals surface area contributed by atoms with Crippen molar-refractivity contribution in [1.82, 2.24) is 4.90 Å². The van der Waals surface area contributed by atoms with Crippen LogP contribution in [0.15, 0.2) is 36.4 Å². The number of ether oxygens (including phenoxy) is 1. The van der Waals surface area contributed by atoms with Gasteiger partial charge in [0.2, 0.25) is 11.8 Å². The molecule has 186 valence electrons. The number of hydrogen-bond acceptors (Lipinski definition) is 6. The predicted octanol–water partition coefficient (Wildman–Crippen LogP) is 1.86. The molecule has 0 radical (unpaired) electrons. The summed E-state index contributed by atoms with van der Waals surface area (Å²) in [4.78, 5) is 39.3. The van der Waals surface area contributed by atoms with E-state index >= 15 is 0 Å². The Balaban J connectivity index is 1.45. The molecule has 9 nitrogen and oxygen atoms in total. The molecule has 3 amide bonds. The first-order valence-corrected chi connectivity index (χ1v) is 11.3. The van der Waals surface area contributed by atoms with Gasteiger partial charge in [-0.05, 0) is 42.3 Å². The van der Waals surface area contributed by atoms with Crippen molar-refractivity contribution in [3.8, 4) is 11.1 Å². The van der Waals surface area contributed by atoms with E-state index in [-0.39, 0.29) is 30.9 Å². The molecular formula is C24H26F2N4O5. The van der Waals surface area contributed by atoms with Crippen LogP contribution in [0.5, 0.6) is 0 Å². The highest BCUT2D eigenvalue weighted by molar-refractivity contribution is 5.90. The number of carbonyl (C=O) groups excluding carboxylic acids is 3. The van der Waals surface area contributed by atoms with Gasteiger partial charge >= 0.3 is 6.09 Å². The standard InChI is InChI=1S/C24H26F2N4O5/c25-19-12-16(30-13-17(35-24(30)34)3-6-22(27)32)2-4-18(19)15-1-5-21(20(26)11-15)28-7-9-29(10-8-28)23(33)14-31/h1-2,4-5,11-12,17,31H,3,6-10,13-14H2,(H2,27,32)/t17-/m0/s1. The lowest BCUT2D eigenvalue weighted by atomic mass is 10.0. The molecule has 35 heavy (non-hydrogen) atoms. The average Bonchev–Trinajstić information content (AvgIpc) is 3.22. The van der Waals surface area contributed by atoms with Gasteiger partial charge in [-0.1, -0.05) is 6.07 Å². The second-order valence-electron chi connectivity index (χ2n) is 8.48. The molecule has 0 saturated carbocycles. The summed E-state index contributed by atoms with van der Waals surface area (Å²) in [5, 5.41) is 8.98. The first-order chi connectivity index (χ1) is 16.8. The lowest BCUT2D eigenvalue weighted by Crippen LogP contribution is -2.49. The first-order valence-electron chi connectivity index (χ1n) is 11.3. The Morgan fingerprint density at radius 2 is 1.80 bits per heavy atom. The van der Waals surface area contributed by atoms with Crippen molar-refractivity contribution in [2.24, 2.45) is 5.73 Å². The predicted molar refractivity (Wildman–Crippen MR) is 124 cm³/mol. The molecule has 3 N–H and O–H groups in total. The van der Waals surface area contributed by atoms with E-state index < -0.39 is 36.3 Å². The minimum absolute atomic E-state index is 0.0805. The van der Waals surface area contributed by atoms with Crippen molar-refractivity contribution in [1.29, 1.82) is 0 Å². The molecule has 2 aromatic rings. The molecule has 0 spiro atoms. The van der Waals surface area contributed by atoms with Crippen LogP contribution < -0.4 is 15.5 Å². The van der Waals surface area contributed by atoms with Crippen LogP contribution >= 0.6 is 0 Å². The van der Waals surface area contributed by atoms with Crippen LogP contribution in [0.1, 0.15) is 12.8 Å². The maximum absolute atomic E-state index is 15.0. The van der Waals surface area contributed by atoms with Gasteiger partial charge in [0.15, 0.2) is 0 Å². The van der Waals surface area contributed by atoms with Crippen LogP contribution in [0, 0.1) is 11.6 Å². The van der Waals surface area contributed by atoms with E-state index in [0.29, 0.717) is 43.1 Å². The van der Waals surface area contributed by atoms with E-state index in [9.17, 15) is 23.2 Å². The zero-order valence-corrected chi connectivity index (χ0v) is 19.0. The van der Waals surface area contributed by atoms with Crippen LogP contribution in [0.3, 0.4) is 0 Å². The summed E-state index contributed by atoms with van der Waals surface area (Å²) in [6, 6.07) is 8.66. The summed E-state index contributed by atoms with van der Waals surface area (Å²) in [5.74, 6) is -2.00. The first kappa shape index (κ1) is 24.4. The number of anilines is 2. The summed E-state index contributed by atoms with van der Waals surface area (Å²) >= 11 is 0. The Morgan fingerprint density at radius 1 is 1.06 bits per heavy atom. The number of cyclic esters (lactones) is 1. The highest BCUT2D eigenvalue weighted by Crippen LogP contribution is 2.32. The van der Waals surface area contributed by atoms with E-state index in [2.05, 4.69) is 0 Å². The third kappa shape index (κ3) is 5.35. The molecule has 0 aliphatic carbocycles. The normalized spacial score (nSPS) is 18.1. The van der Waals surface area contributed by atoms with E-state index in [4.69, 9.17) is 15.6 Å². The van der Waals surface area contributed by atoms with Crippen LogP contribution in [0.25, 0.3) is 11.1 Å². The van der Waals surface area contributed by atoms with Gasteiger partial charge in [-0.15, -0.1) is 0 Å². The molecule has 1 atom stereocenters. The van der Waals surface area contributed by atoms with Gasteiger partial charge in [0.25, 0.3) is 0 Å². The fourth-order valence-corrected chi connectivity index (χ4v) is 4.32. The van der Waals surface area contributed by atoms with E-state index in [0.717, 1.165) is 0 Å². The van der Waals surface area contributed by atoms with Gasteiger partial charge < -0.3 is 25.4 Å². The Hall–Kier alpha value is -3.73. The summed E-state index contributed by atoms with van der Waals surface area (Å²) in [6.07, 6.45) is -0.779. The fourth-order valence-electron chi connectivity index (χ4n) is 4.32. The summed E-state index contributed by atoms with van der Waals surface area (Å²) in [6.45, 7) is 1.19. The van der Waals surface area contributed by atoms with Crippen molar-refractivity contribution >= 4 is 29.3 Å². The number of primary amides is 1. The number of aliphatic hydroxyl groups is 1. The van der Waals surface area contributed by atoms with Crippen molar-refractivity contribution in [2.45, 2.75) is 18.9 Å². The zero-order chi connectivity index (χ0) is 25.1. The molecule has 2 heterocycles. The van der Waals surface area contributed by atoms with Gasteiger partial charge in [0, 0.05) is 38.2 Å². The molecule has 2 aliphatic rings. The van der Waals surface area contributed by atoms with Gasteiger partial charge in [-0.2, -0.15) is 0 Å². The lowest BCUT2D eigenvalue weighted by Gasteiger charge is -2.36. The molecule has 0 bridgehead atoms. The molecule has 2 aliphatic heterocycles. The molecule has 2 fully saturated rings. The highest BCUT2D eigenvalue weighted by atomic mass is 19.1. The third-order valence-electron chi connectivity index (χ3n) is 6.22. The fraction of sp³-hybridized carbons (Fsp3) is 0.375. The molecule has 2 saturated heterocycles. The SMILES string of the molecule is NC(=O)CC[C@H]1CN(c2ccc(-c3ccc(N4CCN(C(=O)CO)CC4)c(F)c3)c(F)c2)C(=O)O1. The number of hydrogen-bond donors (Lipinski definition) is 2. The minimum atomic E-state index is -0.636. The molecule has 2 aromatic carbocycles. The number of benzene rings is 2. The average molecular weight is 488 g/mol. The Labute approximate surface area is 200 Å². The van der Waals surface area contributed by atoms with Crippen LogP contribution in [0.4, 0.5) is 25.0 Å². The number of aliphatic hydroxyl groups excluding tert-OH is 1. The molecule has 0 unspecified atom stereocenters. The molecular weight excluding hydrogens is 462 g/mol. The van der Waals surface area contributed by atoms with Crippen LogP contribution in [-0.4, -0.2) is 73.3 Å². The van der Waals surface area contributed by atoms with Gasteiger partial charge in [0.05, 0.1) is 17.9 Å². The van der Waals surface area contributed by atoms with Crippen molar-refractivity contribution in [2.75, 3.05) is 49.1 Å².